The quantitative estimate of drug-likeness (QED) is 0.559. The van der Waals surface area contributed by atoms with Gasteiger partial charge in [-0.05, 0) is 0 Å². The van der Waals surface area contributed by atoms with Gasteiger partial charge in [-0.1, -0.05) is 11.6 Å². The molecule has 1 heterocycles. The zero-order valence-electron chi connectivity index (χ0n) is 6.20. The molecule has 0 spiro atoms. The molecule has 72 valence electrons. The summed E-state index contributed by atoms with van der Waals surface area (Å²) in [7, 11) is 0. The van der Waals surface area contributed by atoms with Gasteiger partial charge in [0.1, 0.15) is 5.69 Å². The van der Waals surface area contributed by atoms with Crippen molar-refractivity contribution >= 4 is 23.2 Å². The molecule has 1 rings (SSSR count). The standard InChI is InChI=1S/C7H4Cl2F3N/c8-2-3-4(9)1-5(10)13-6(3)7(11)12/h1,7H,2H2. The van der Waals surface area contributed by atoms with Gasteiger partial charge in [-0.2, -0.15) is 4.39 Å². The first-order valence-electron chi connectivity index (χ1n) is 3.25. The normalized spacial score (nSPS) is 10.9. The Labute approximate surface area is 82.5 Å². The SMILES string of the molecule is Fc1cc(Cl)c(CCl)c(C(F)F)n1. The summed E-state index contributed by atoms with van der Waals surface area (Å²) >= 11 is 10.8. The zero-order valence-corrected chi connectivity index (χ0v) is 7.71. The van der Waals surface area contributed by atoms with Crippen LogP contribution in [0, 0.1) is 5.95 Å². The maximum absolute atomic E-state index is 12.5. The summed E-state index contributed by atoms with van der Waals surface area (Å²) in [6, 6.07) is 0.852. The molecule has 1 nitrogen and oxygen atoms in total. The molecule has 0 amide bonds. The van der Waals surface area contributed by atoms with E-state index < -0.39 is 18.1 Å². The Kier molecular flexibility index (Phi) is 3.39. The first kappa shape index (κ1) is 10.6. The molecule has 0 radical (unpaired) electrons. The van der Waals surface area contributed by atoms with Crippen LogP contribution in [0.25, 0.3) is 0 Å². The molecule has 6 heteroatoms. The summed E-state index contributed by atoms with van der Waals surface area (Å²) in [5.74, 6) is -1.25. The zero-order chi connectivity index (χ0) is 10.0. The average molecular weight is 230 g/mol. The molecule has 0 N–H and O–H groups in total. The van der Waals surface area contributed by atoms with Crippen molar-refractivity contribution in [1.29, 1.82) is 0 Å². The van der Waals surface area contributed by atoms with Gasteiger partial charge >= 0.3 is 0 Å². The van der Waals surface area contributed by atoms with Gasteiger partial charge in [0.05, 0.1) is 10.9 Å². The molecule has 0 fully saturated rings. The van der Waals surface area contributed by atoms with Gasteiger partial charge in [0.15, 0.2) is 0 Å². The van der Waals surface area contributed by atoms with Crippen LogP contribution in [0.1, 0.15) is 17.7 Å². The Balaban J connectivity index is 3.29. The number of hydrogen-bond acceptors (Lipinski definition) is 1. The summed E-state index contributed by atoms with van der Waals surface area (Å²) in [5.41, 5.74) is -0.722. The average Bonchev–Trinajstić information content (AvgIpc) is 2.02. The van der Waals surface area contributed by atoms with E-state index in [9.17, 15) is 13.2 Å². The summed E-state index contributed by atoms with van der Waals surface area (Å²) in [5, 5.41) is -0.127. The fraction of sp³-hybridized carbons (Fsp3) is 0.286. The molecule has 0 atom stereocenters. The third kappa shape index (κ3) is 2.25. The van der Waals surface area contributed by atoms with Gasteiger partial charge in [0.25, 0.3) is 6.43 Å². The predicted octanol–water partition coefficient (Wildman–Crippen LogP) is 3.55. The van der Waals surface area contributed by atoms with Gasteiger partial charge in [0.2, 0.25) is 5.95 Å². The fourth-order valence-corrected chi connectivity index (χ4v) is 1.44. The first-order valence-corrected chi connectivity index (χ1v) is 4.16. The Bertz CT molecular complexity index is 317. The molecule has 0 unspecified atom stereocenters. The van der Waals surface area contributed by atoms with Gasteiger partial charge in [0, 0.05) is 11.6 Å². The Morgan fingerprint density at radius 2 is 2.08 bits per heavy atom. The second-order valence-corrected chi connectivity index (χ2v) is 2.90. The van der Waals surface area contributed by atoms with Crippen LogP contribution in [0.3, 0.4) is 0 Å². The van der Waals surface area contributed by atoms with Crippen LogP contribution in [-0.2, 0) is 5.88 Å². The van der Waals surface area contributed by atoms with Crippen molar-refractivity contribution in [3.8, 4) is 0 Å². The Morgan fingerprint density at radius 1 is 1.46 bits per heavy atom. The number of halogens is 5. The lowest BCUT2D eigenvalue weighted by molar-refractivity contribution is 0.144. The molecular weight excluding hydrogens is 226 g/mol. The maximum atomic E-state index is 12.5. The number of hydrogen-bond donors (Lipinski definition) is 0. The van der Waals surface area contributed by atoms with E-state index in [1.54, 1.807) is 0 Å². The van der Waals surface area contributed by atoms with E-state index in [2.05, 4.69) is 4.98 Å². The van der Waals surface area contributed by atoms with Crippen LogP contribution in [0.5, 0.6) is 0 Å². The minimum atomic E-state index is -2.87. The number of rotatable bonds is 2. The van der Waals surface area contributed by atoms with Crippen LogP contribution >= 0.6 is 23.2 Å². The predicted molar refractivity (Wildman–Crippen MR) is 43.7 cm³/mol. The first-order chi connectivity index (χ1) is 6.06. The molecule has 0 saturated heterocycles. The van der Waals surface area contributed by atoms with E-state index in [0.717, 1.165) is 6.07 Å². The van der Waals surface area contributed by atoms with Crippen molar-refractivity contribution < 1.29 is 13.2 Å². The summed E-state index contributed by atoms with van der Waals surface area (Å²) in [6.07, 6.45) is -2.87. The highest BCUT2D eigenvalue weighted by Crippen LogP contribution is 2.28. The number of nitrogens with zero attached hydrogens (tertiary/aromatic N) is 1. The lowest BCUT2D eigenvalue weighted by Crippen LogP contribution is -2.00. The van der Waals surface area contributed by atoms with E-state index in [1.807, 2.05) is 0 Å². The molecule has 0 aliphatic carbocycles. The molecule has 1 aromatic heterocycles. The number of pyridine rings is 1. The van der Waals surface area contributed by atoms with Crippen molar-refractivity contribution in [2.75, 3.05) is 0 Å². The number of aromatic nitrogens is 1. The van der Waals surface area contributed by atoms with Gasteiger partial charge in [-0.3, -0.25) is 0 Å². The van der Waals surface area contributed by atoms with E-state index in [0.29, 0.717) is 0 Å². The molecule has 0 saturated carbocycles. The van der Waals surface area contributed by atoms with Gasteiger partial charge < -0.3 is 0 Å². The topological polar surface area (TPSA) is 12.9 Å². The van der Waals surface area contributed by atoms with Crippen molar-refractivity contribution in [2.24, 2.45) is 0 Å². The van der Waals surface area contributed by atoms with E-state index in [-0.39, 0.29) is 16.5 Å². The molecule has 0 aliphatic heterocycles. The highest BCUT2D eigenvalue weighted by atomic mass is 35.5. The minimum Gasteiger partial charge on any atom is -0.218 e. The van der Waals surface area contributed by atoms with Crippen molar-refractivity contribution in [1.82, 2.24) is 4.98 Å². The van der Waals surface area contributed by atoms with Crippen LogP contribution in [0.2, 0.25) is 5.02 Å². The van der Waals surface area contributed by atoms with Crippen molar-refractivity contribution in [3.63, 3.8) is 0 Å². The third-order valence-electron chi connectivity index (χ3n) is 1.41. The lowest BCUT2D eigenvalue weighted by atomic mass is 10.2. The van der Waals surface area contributed by atoms with Gasteiger partial charge in [-0.15, -0.1) is 11.6 Å². The van der Waals surface area contributed by atoms with Gasteiger partial charge in [-0.25, -0.2) is 13.8 Å². The highest BCUT2D eigenvalue weighted by Gasteiger charge is 2.18. The highest BCUT2D eigenvalue weighted by molar-refractivity contribution is 6.32. The molecule has 0 aromatic carbocycles. The minimum absolute atomic E-state index is 0.0280. The Hall–Kier alpha value is -0.480. The molecule has 0 aliphatic rings. The molecule has 1 aromatic rings. The van der Waals surface area contributed by atoms with E-state index >= 15 is 0 Å². The maximum Gasteiger partial charge on any atom is 0.280 e. The summed E-state index contributed by atoms with van der Waals surface area (Å²) < 4.78 is 37.0. The van der Waals surface area contributed by atoms with E-state index in [1.165, 1.54) is 0 Å². The van der Waals surface area contributed by atoms with Crippen LogP contribution in [-0.4, -0.2) is 4.98 Å². The van der Waals surface area contributed by atoms with Crippen LogP contribution in [0.15, 0.2) is 6.07 Å². The molecular formula is C7H4Cl2F3N. The monoisotopic (exact) mass is 229 g/mol. The second kappa shape index (κ2) is 4.15. The van der Waals surface area contributed by atoms with Crippen LogP contribution < -0.4 is 0 Å². The van der Waals surface area contributed by atoms with Crippen molar-refractivity contribution in [3.05, 3.63) is 28.3 Å². The molecule has 13 heavy (non-hydrogen) atoms. The fourth-order valence-electron chi connectivity index (χ4n) is 0.842. The van der Waals surface area contributed by atoms with Crippen LogP contribution in [0.4, 0.5) is 13.2 Å². The number of alkyl halides is 3. The second-order valence-electron chi connectivity index (χ2n) is 2.22. The van der Waals surface area contributed by atoms with E-state index in [4.69, 9.17) is 23.2 Å². The third-order valence-corrected chi connectivity index (χ3v) is 2.02. The smallest absolute Gasteiger partial charge is 0.218 e. The molecule has 0 bridgehead atoms. The lowest BCUT2D eigenvalue weighted by Gasteiger charge is -2.06. The van der Waals surface area contributed by atoms with Crippen molar-refractivity contribution in [2.45, 2.75) is 12.3 Å². The summed E-state index contributed by atoms with van der Waals surface area (Å²) in [4.78, 5) is 3.02. The largest absolute Gasteiger partial charge is 0.280 e. The summed E-state index contributed by atoms with van der Waals surface area (Å²) in [6.45, 7) is 0. The Morgan fingerprint density at radius 3 is 2.54 bits per heavy atom.